The zero-order chi connectivity index (χ0) is 13.1. The van der Waals surface area contributed by atoms with Crippen molar-refractivity contribution in [2.24, 2.45) is 5.92 Å². The highest BCUT2D eigenvalue weighted by Gasteiger charge is 2.21. The number of aromatic nitrogens is 1. The summed E-state index contributed by atoms with van der Waals surface area (Å²) in [5, 5.41) is 7.01. The molecule has 1 aromatic rings. The summed E-state index contributed by atoms with van der Waals surface area (Å²) >= 11 is 1.80. The van der Waals surface area contributed by atoms with Crippen molar-refractivity contribution in [2.45, 2.75) is 57.7 Å². The average molecular weight is 279 g/mol. The first-order valence-corrected chi connectivity index (χ1v) is 8.53. The number of hydrogen-bond donors (Lipinski definition) is 1. The van der Waals surface area contributed by atoms with Gasteiger partial charge in [-0.1, -0.05) is 12.8 Å². The van der Waals surface area contributed by atoms with Crippen LogP contribution in [-0.4, -0.2) is 29.5 Å². The molecule has 0 saturated heterocycles. The fourth-order valence-electron chi connectivity index (χ4n) is 3.00. The zero-order valence-corrected chi connectivity index (χ0v) is 12.7. The third kappa shape index (κ3) is 4.26. The van der Waals surface area contributed by atoms with Crippen molar-refractivity contribution in [1.29, 1.82) is 0 Å². The average Bonchev–Trinajstić information content (AvgIpc) is 2.88. The summed E-state index contributed by atoms with van der Waals surface area (Å²) in [6.07, 6.45) is 8.43. The van der Waals surface area contributed by atoms with E-state index in [2.05, 4.69) is 22.6 Å². The maximum Gasteiger partial charge on any atom is 0.107 e. The topological polar surface area (TPSA) is 28.2 Å². The first kappa shape index (κ1) is 13.5. The van der Waals surface area contributed by atoms with E-state index in [0.29, 0.717) is 0 Å². The molecular weight excluding hydrogens is 254 g/mol. The molecule has 0 aliphatic heterocycles. The van der Waals surface area contributed by atoms with Crippen LogP contribution in [0.4, 0.5) is 0 Å². The molecule has 3 nitrogen and oxygen atoms in total. The summed E-state index contributed by atoms with van der Waals surface area (Å²) in [7, 11) is 2.24. The third-order valence-electron chi connectivity index (χ3n) is 4.20. The lowest BCUT2D eigenvalue weighted by Crippen LogP contribution is -2.24. The minimum Gasteiger partial charge on any atom is -0.308 e. The molecule has 0 unspecified atom stereocenters. The second-order valence-corrected chi connectivity index (χ2v) is 7.18. The molecule has 0 aromatic carbocycles. The fourth-order valence-corrected chi connectivity index (χ4v) is 3.73. The van der Waals surface area contributed by atoms with Crippen LogP contribution in [0.2, 0.25) is 0 Å². The Hall–Kier alpha value is -0.450. The van der Waals surface area contributed by atoms with Gasteiger partial charge < -0.3 is 10.2 Å². The molecular formula is C15H25N3S. The van der Waals surface area contributed by atoms with Crippen LogP contribution in [0.5, 0.6) is 0 Å². The van der Waals surface area contributed by atoms with Gasteiger partial charge in [-0.25, -0.2) is 4.98 Å². The molecule has 0 radical (unpaired) electrons. The molecule has 4 heteroatoms. The van der Waals surface area contributed by atoms with Crippen molar-refractivity contribution in [3.05, 3.63) is 16.1 Å². The lowest BCUT2D eigenvalue weighted by molar-refractivity contribution is 0.269. The maximum atomic E-state index is 4.74. The molecule has 0 amide bonds. The van der Waals surface area contributed by atoms with E-state index in [4.69, 9.17) is 4.98 Å². The van der Waals surface area contributed by atoms with E-state index in [9.17, 15) is 0 Å². The van der Waals surface area contributed by atoms with Gasteiger partial charge in [0.1, 0.15) is 5.01 Å². The van der Waals surface area contributed by atoms with Crippen LogP contribution in [0, 0.1) is 5.92 Å². The second kappa shape index (κ2) is 6.33. The molecule has 2 aliphatic rings. The summed E-state index contributed by atoms with van der Waals surface area (Å²) in [6, 6.07) is 0.775. The largest absolute Gasteiger partial charge is 0.308 e. The minimum absolute atomic E-state index is 0.775. The van der Waals surface area contributed by atoms with Gasteiger partial charge in [0, 0.05) is 31.1 Å². The van der Waals surface area contributed by atoms with Crippen LogP contribution in [-0.2, 0) is 13.1 Å². The van der Waals surface area contributed by atoms with Gasteiger partial charge in [-0.15, -0.1) is 11.3 Å². The number of thiazole rings is 1. The standard InChI is InChI=1S/C15H25N3S/c1-18(9-12-4-2-3-5-12)10-14-11-19-15(17-14)8-16-13-6-7-13/h11-13,16H,2-10H2,1H3. The Morgan fingerprint density at radius 3 is 2.84 bits per heavy atom. The molecule has 2 saturated carbocycles. The predicted octanol–water partition coefficient (Wildman–Crippen LogP) is 3.02. The molecule has 1 N–H and O–H groups in total. The number of hydrogen-bond acceptors (Lipinski definition) is 4. The van der Waals surface area contributed by atoms with E-state index >= 15 is 0 Å². The molecule has 106 valence electrons. The van der Waals surface area contributed by atoms with Gasteiger partial charge in [-0.05, 0) is 38.6 Å². The van der Waals surface area contributed by atoms with Gasteiger partial charge in [0.25, 0.3) is 0 Å². The normalized spacial score (nSPS) is 20.5. The molecule has 0 atom stereocenters. The molecule has 0 bridgehead atoms. The predicted molar refractivity (Wildman–Crippen MR) is 80.3 cm³/mol. The number of nitrogens with zero attached hydrogens (tertiary/aromatic N) is 2. The van der Waals surface area contributed by atoms with Crippen molar-refractivity contribution in [1.82, 2.24) is 15.2 Å². The van der Waals surface area contributed by atoms with Gasteiger partial charge in [-0.2, -0.15) is 0 Å². The smallest absolute Gasteiger partial charge is 0.107 e. The second-order valence-electron chi connectivity index (χ2n) is 6.23. The van der Waals surface area contributed by atoms with Gasteiger partial charge in [-0.3, -0.25) is 0 Å². The van der Waals surface area contributed by atoms with E-state index < -0.39 is 0 Å². The maximum absolute atomic E-state index is 4.74. The Balaban J connectivity index is 1.42. The molecule has 19 heavy (non-hydrogen) atoms. The van der Waals surface area contributed by atoms with Crippen LogP contribution in [0.15, 0.2) is 5.38 Å². The summed E-state index contributed by atoms with van der Waals surface area (Å²) in [6.45, 7) is 3.21. The Labute approximate surface area is 120 Å². The Morgan fingerprint density at radius 1 is 1.32 bits per heavy atom. The van der Waals surface area contributed by atoms with E-state index in [-0.39, 0.29) is 0 Å². The molecule has 2 fully saturated rings. The monoisotopic (exact) mass is 279 g/mol. The summed E-state index contributed by atoms with van der Waals surface area (Å²) in [5.74, 6) is 0.930. The molecule has 1 aromatic heterocycles. The van der Waals surface area contributed by atoms with Crippen LogP contribution in [0.25, 0.3) is 0 Å². The summed E-state index contributed by atoms with van der Waals surface area (Å²) < 4.78 is 0. The number of nitrogens with one attached hydrogen (secondary N) is 1. The summed E-state index contributed by atoms with van der Waals surface area (Å²) in [5.41, 5.74) is 1.25. The highest BCUT2D eigenvalue weighted by Crippen LogP contribution is 2.25. The molecule has 3 rings (SSSR count). The fraction of sp³-hybridized carbons (Fsp3) is 0.800. The first-order valence-electron chi connectivity index (χ1n) is 7.65. The third-order valence-corrected chi connectivity index (χ3v) is 5.09. The lowest BCUT2D eigenvalue weighted by Gasteiger charge is -2.19. The first-order chi connectivity index (χ1) is 9.29. The number of rotatable bonds is 7. The van der Waals surface area contributed by atoms with Crippen molar-refractivity contribution >= 4 is 11.3 Å². The Morgan fingerprint density at radius 2 is 2.11 bits per heavy atom. The van der Waals surface area contributed by atoms with Gasteiger partial charge in [0.05, 0.1) is 5.69 Å². The van der Waals surface area contributed by atoms with Gasteiger partial charge in [0.2, 0.25) is 0 Å². The zero-order valence-electron chi connectivity index (χ0n) is 11.9. The van der Waals surface area contributed by atoms with Gasteiger partial charge in [0.15, 0.2) is 0 Å². The van der Waals surface area contributed by atoms with Gasteiger partial charge >= 0.3 is 0 Å². The van der Waals surface area contributed by atoms with Crippen LogP contribution in [0.1, 0.15) is 49.2 Å². The van der Waals surface area contributed by atoms with E-state index in [1.807, 2.05) is 0 Å². The quantitative estimate of drug-likeness (QED) is 0.831. The van der Waals surface area contributed by atoms with Crippen molar-refractivity contribution in [3.8, 4) is 0 Å². The lowest BCUT2D eigenvalue weighted by atomic mass is 10.1. The van der Waals surface area contributed by atoms with Crippen LogP contribution in [0.3, 0.4) is 0 Å². The van der Waals surface area contributed by atoms with Crippen molar-refractivity contribution in [3.63, 3.8) is 0 Å². The molecule has 0 spiro atoms. The van der Waals surface area contributed by atoms with E-state index in [1.165, 1.54) is 55.8 Å². The van der Waals surface area contributed by atoms with Crippen molar-refractivity contribution < 1.29 is 0 Å². The van der Waals surface area contributed by atoms with E-state index in [1.54, 1.807) is 11.3 Å². The molecule has 2 aliphatic carbocycles. The Kier molecular flexibility index (Phi) is 4.51. The summed E-state index contributed by atoms with van der Waals surface area (Å²) in [4.78, 5) is 7.19. The highest BCUT2D eigenvalue weighted by molar-refractivity contribution is 7.09. The van der Waals surface area contributed by atoms with Crippen LogP contribution >= 0.6 is 11.3 Å². The van der Waals surface area contributed by atoms with E-state index in [0.717, 1.165) is 25.0 Å². The minimum atomic E-state index is 0.775. The Bertz CT molecular complexity index is 394. The SMILES string of the molecule is CN(Cc1csc(CNC2CC2)n1)CC1CCCC1. The highest BCUT2D eigenvalue weighted by atomic mass is 32.1. The van der Waals surface area contributed by atoms with Crippen LogP contribution < -0.4 is 5.32 Å². The molecule has 1 heterocycles. The van der Waals surface area contributed by atoms with Crippen molar-refractivity contribution in [2.75, 3.05) is 13.6 Å².